The Hall–Kier alpha value is -2.50. The highest BCUT2D eigenvalue weighted by atomic mass is 16.6. The van der Waals surface area contributed by atoms with Gasteiger partial charge < -0.3 is 14.5 Å². The fourth-order valence-corrected chi connectivity index (χ4v) is 2.77. The monoisotopic (exact) mass is 315 g/mol. The number of aromatic amines is 1. The summed E-state index contributed by atoms with van der Waals surface area (Å²) in [5, 5.41) is 2.76. The topological polar surface area (TPSA) is 76.2 Å². The Morgan fingerprint density at radius 3 is 3.13 bits per heavy atom. The van der Waals surface area contributed by atoms with Gasteiger partial charge in [-0.15, -0.1) is 0 Å². The van der Waals surface area contributed by atoms with Gasteiger partial charge in [-0.2, -0.15) is 0 Å². The van der Waals surface area contributed by atoms with Gasteiger partial charge in [-0.3, -0.25) is 5.32 Å². The first-order valence-electron chi connectivity index (χ1n) is 7.84. The van der Waals surface area contributed by atoms with Crippen molar-refractivity contribution in [3.8, 4) is 5.75 Å². The van der Waals surface area contributed by atoms with Crippen molar-refractivity contribution in [1.29, 1.82) is 0 Å². The number of rotatable bonds is 4. The molecule has 6 nitrogen and oxygen atoms in total. The number of anilines is 1. The highest BCUT2D eigenvalue weighted by molar-refractivity contribution is 5.85. The van der Waals surface area contributed by atoms with E-state index >= 15 is 0 Å². The van der Waals surface area contributed by atoms with E-state index in [4.69, 9.17) is 9.47 Å². The molecule has 2 aromatic rings. The van der Waals surface area contributed by atoms with Crippen LogP contribution >= 0.6 is 0 Å². The average molecular weight is 315 g/mol. The van der Waals surface area contributed by atoms with Crippen LogP contribution in [0.15, 0.2) is 30.7 Å². The van der Waals surface area contributed by atoms with Crippen LogP contribution in [0.1, 0.15) is 37.4 Å². The van der Waals surface area contributed by atoms with E-state index in [9.17, 15) is 4.79 Å². The van der Waals surface area contributed by atoms with Crippen LogP contribution < -0.4 is 10.1 Å². The maximum absolute atomic E-state index is 11.8. The number of nitrogens with one attached hydrogen (secondary N) is 2. The molecule has 1 atom stereocenters. The Kier molecular flexibility index (Phi) is 4.50. The predicted molar refractivity (Wildman–Crippen MR) is 86.8 cm³/mol. The van der Waals surface area contributed by atoms with Gasteiger partial charge in [0.1, 0.15) is 5.75 Å². The van der Waals surface area contributed by atoms with Gasteiger partial charge >= 0.3 is 6.09 Å². The summed E-state index contributed by atoms with van der Waals surface area (Å²) < 4.78 is 10.8. The number of fused-ring (bicyclic) bond motifs is 1. The van der Waals surface area contributed by atoms with Crippen molar-refractivity contribution in [2.24, 2.45) is 0 Å². The normalized spacial score (nSPS) is 16.6. The van der Waals surface area contributed by atoms with Gasteiger partial charge in [0, 0.05) is 11.9 Å². The molecular formula is C17H21N3O3. The smallest absolute Gasteiger partial charge is 0.411 e. The third kappa shape index (κ3) is 3.83. The summed E-state index contributed by atoms with van der Waals surface area (Å²) in [6.45, 7) is 4.34. The number of ether oxygens (including phenoxy) is 2. The van der Waals surface area contributed by atoms with Crippen molar-refractivity contribution in [1.82, 2.24) is 9.97 Å². The molecule has 2 N–H and O–H groups in total. The van der Waals surface area contributed by atoms with Gasteiger partial charge in [0.05, 0.1) is 24.7 Å². The van der Waals surface area contributed by atoms with E-state index in [1.165, 1.54) is 0 Å². The van der Waals surface area contributed by atoms with Crippen molar-refractivity contribution in [3.05, 3.63) is 42.0 Å². The molecule has 23 heavy (non-hydrogen) atoms. The molecule has 6 heteroatoms. The van der Waals surface area contributed by atoms with E-state index < -0.39 is 6.09 Å². The highest BCUT2D eigenvalue weighted by Gasteiger charge is 2.23. The molecule has 1 aromatic heterocycles. The van der Waals surface area contributed by atoms with Gasteiger partial charge in [0.2, 0.25) is 0 Å². The lowest BCUT2D eigenvalue weighted by atomic mass is 9.89. The van der Waals surface area contributed by atoms with E-state index in [-0.39, 0.29) is 6.10 Å². The number of imidazole rings is 1. The molecule has 0 spiro atoms. The Labute approximate surface area is 135 Å². The molecule has 122 valence electrons. The van der Waals surface area contributed by atoms with Gasteiger partial charge in [-0.05, 0) is 56.4 Å². The van der Waals surface area contributed by atoms with Crippen molar-refractivity contribution in [2.75, 3.05) is 11.9 Å². The lowest BCUT2D eigenvalue weighted by molar-refractivity contribution is 0.130. The van der Waals surface area contributed by atoms with E-state index in [0.717, 1.165) is 29.8 Å². The first-order chi connectivity index (χ1) is 11.1. The van der Waals surface area contributed by atoms with Crippen molar-refractivity contribution in [2.45, 2.75) is 38.7 Å². The largest absolute Gasteiger partial charge is 0.493 e. The van der Waals surface area contributed by atoms with Crippen LogP contribution in [-0.4, -0.2) is 28.8 Å². The number of benzene rings is 1. The predicted octanol–water partition coefficient (Wildman–Crippen LogP) is 3.48. The minimum Gasteiger partial charge on any atom is -0.493 e. The Bertz CT molecular complexity index is 668. The molecule has 0 saturated carbocycles. The lowest BCUT2D eigenvalue weighted by Crippen LogP contribution is -2.19. The van der Waals surface area contributed by atoms with Gasteiger partial charge in [0.15, 0.2) is 0 Å². The molecule has 1 unspecified atom stereocenters. The van der Waals surface area contributed by atoms with Crippen LogP contribution in [-0.2, 0) is 11.2 Å². The second kappa shape index (κ2) is 6.73. The number of carbonyl (C=O) groups excluding carboxylic acids is 1. The van der Waals surface area contributed by atoms with E-state index in [1.54, 1.807) is 6.33 Å². The fourth-order valence-electron chi connectivity index (χ4n) is 2.77. The Balaban J connectivity index is 1.77. The second-order valence-electron chi connectivity index (χ2n) is 5.93. The fraction of sp³-hybridized carbons (Fsp3) is 0.412. The minimum atomic E-state index is -0.444. The van der Waals surface area contributed by atoms with Crippen LogP contribution in [0.2, 0.25) is 0 Å². The molecule has 1 aliphatic heterocycles. The number of H-pyrrole nitrogens is 1. The van der Waals surface area contributed by atoms with Crippen LogP contribution in [0.25, 0.3) is 0 Å². The molecule has 1 amide bonds. The molecule has 0 aliphatic carbocycles. The Morgan fingerprint density at radius 2 is 2.39 bits per heavy atom. The summed E-state index contributed by atoms with van der Waals surface area (Å²) in [6.07, 6.45) is 4.79. The number of nitrogens with zero attached hydrogens (tertiary/aromatic N) is 1. The molecule has 0 bridgehead atoms. The number of aromatic nitrogens is 2. The van der Waals surface area contributed by atoms with E-state index in [2.05, 4.69) is 15.3 Å². The molecule has 3 rings (SSSR count). The molecule has 0 radical (unpaired) electrons. The molecule has 0 fully saturated rings. The number of carbonyl (C=O) groups is 1. The maximum Gasteiger partial charge on any atom is 0.411 e. The first-order valence-corrected chi connectivity index (χ1v) is 7.84. The summed E-state index contributed by atoms with van der Waals surface area (Å²) in [4.78, 5) is 19.0. The maximum atomic E-state index is 11.8. The second-order valence-corrected chi connectivity index (χ2v) is 5.93. The number of hydrogen-bond donors (Lipinski definition) is 2. The quantitative estimate of drug-likeness (QED) is 0.905. The average Bonchev–Trinajstić information content (AvgIpc) is 3.00. The summed E-state index contributed by atoms with van der Waals surface area (Å²) in [5.41, 5.74) is 2.84. The summed E-state index contributed by atoms with van der Waals surface area (Å²) in [5.74, 6) is 1.20. The zero-order valence-corrected chi connectivity index (χ0v) is 13.3. The van der Waals surface area contributed by atoms with Gasteiger partial charge in [-0.1, -0.05) is 0 Å². The number of amides is 1. The summed E-state index contributed by atoms with van der Waals surface area (Å²) in [6, 6.07) is 5.70. The molecule has 1 aromatic carbocycles. The zero-order chi connectivity index (χ0) is 16.2. The Morgan fingerprint density at radius 1 is 1.52 bits per heavy atom. The van der Waals surface area contributed by atoms with Crippen LogP contribution in [0, 0.1) is 0 Å². The zero-order valence-electron chi connectivity index (χ0n) is 13.3. The van der Waals surface area contributed by atoms with Gasteiger partial charge in [0.25, 0.3) is 0 Å². The van der Waals surface area contributed by atoms with E-state index in [1.807, 2.05) is 38.2 Å². The molecule has 0 saturated heterocycles. The first kappa shape index (κ1) is 15.4. The van der Waals surface area contributed by atoms with Crippen LogP contribution in [0.5, 0.6) is 5.75 Å². The lowest BCUT2D eigenvalue weighted by Gasteiger charge is -2.26. The van der Waals surface area contributed by atoms with Crippen LogP contribution in [0.4, 0.5) is 10.5 Å². The highest BCUT2D eigenvalue weighted by Crippen LogP contribution is 2.37. The molecular weight excluding hydrogens is 294 g/mol. The van der Waals surface area contributed by atoms with Crippen molar-refractivity contribution < 1.29 is 14.3 Å². The van der Waals surface area contributed by atoms with Crippen LogP contribution in [0.3, 0.4) is 0 Å². The summed E-state index contributed by atoms with van der Waals surface area (Å²) in [7, 11) is 0. The van der Waals surface area contributed by atoms with E-state index in [0.29, 0.717) is 18.2 Å². The minimum absolute atomic E-state index is 0.150. The standard InChI is InChI=1S/C17H21N3O3/c1-11(2)23-17(21)20-13-3-4-16-15(8-13)12(5-6-22-16)7-14-9-18-10-19-14/h3-4,8-12H,5-7H2,1-2H3,(H,18,19)(H,20,21). The van der Waals surface area contributed by atoms with Gasteiger partial charge in [-0.25, -0.2) is 9.78 Å². The summed E-state index contributed by atoms with van der Waals surface area (Å²) >= 11 is 0. The van der Waals surface area contributed by atoms with Crippen molar-refractivity contribution >= 4 is 11.8 Å². The van der Waals surface area contributed by atoms with Crippen molar-refractivity contribution in [3.63, 3.8) is 0 Å². The SMILES string of the molecule is CC(C)OC(=O)Nc1ccc2c(c1)C(Cc1c[nH]cn1)CCO2. The molecule has 1 aliphatic rings. The number of hydrogen-bond acceptors (Lipinski definition) is 4. The molecule has 2 heterocycles. The third-order valence-corrected chi connectivity index (χ3v) is 3.77. The third-order valence-electron chi connectivity index (χ3n) is 3.77.